The maximum absolute atomic E-state index is 15.4. The van der Waals surface area contributed by atoms with E-state index in [0.717, 1.165) is 12.8 Å². The fourth-order valence-corrected chi connectivity index (χ4v) is 5.97. The quantitative estimate of drug-likeness (QED) is 0.685. The van der Waals surface area contributed by atoms with Gasteiger partial charge < -0.3 is 0 Å². The van der Waals surface area contributed by atoms with E-state index in [9.17, 15) is 8.60 Å². The maximum Gasteiger partial charge on any atom is 0.232 e. The molecular formula is C17H31F2NOS. The molecule has 0 spiro atoms. The van der Waals surface area contributed by atoms with Gasteiger partial charge in [-0.05, 0) is 44.4 Å². The van der Waals surface area contributed by atoms with Crippen molar-refractivity contribution in [2.45, 2.75) is 82.8 Å². The van der Waals surface area contributed by atoms with Crippen molar-refractivity contribution in [3.63, 3.8) is 0 Å². The van der Waals surface area contributed by atoms with Gasteiger partial charge >= 0.3 is 0 Å². The lowest BCUT2D eigenvalue weighted by Gasteiger charge is -2.44. The van der Waals surface area contributed by atoms with Crippen LogP contribution in [0.15, 0.2) is 0 Å². The van der Waals surface area contributed by atoms with E-state index < -0.39 is 21.7 Å². The average molecular weight is 336 g/mol. The van der Waals surface area contributed by atoms with Gasteiger partial charge in [-0.15, -0.1) is 0 Å². The second-order valence-corrected chi connectivity index (χ2v) is 8.92. The number of halogens is 2. The largest absolute Gasteiger partial charge is 0.240 e. The van der Waals surface area contributed by atoms with Gasteiger partial charge in [0.05, 0.1) is 0 Å². The predicted molar refractivity (Wildman–Crippen MR) is 88.3 cm³/mol. The van der Waals surface area contributed by atoms with Gasteiger partial charge in [0.15, 0.2) is 5.67 Å². The number of hydrogen-bond acceptors (Lipinski definition) is 1. The molecule has 0 N–H and O–H groups in total. The SMILES string of the molecule is CCCC(C)(F)C(F)(CC)S(=O)N1CCC2CCCCC2C1. The zero-order chi connectivity index (χ0) is 16.4. The van der Waals surface area contributed by atoms with Crippen LogP contribution < -0.4 is 0 Å². The lowest BCUT2D eigenvalue weighted by atomic mass is 9.76. The molecule has 1 saturated heterocycles. The standard InChI is InChI=1S/C17H31F2NOS/c1-4-11-16(3,18)17(19,5-2)22(21)20-12-10-14-8-6-7-9-15(14)13-20/h14-15H,4-13H2,1-3H3. The Morgan fingerprint density at radius 2 is 1.77 bits per heavy atom. The van der Waals surface area contributed by atoms with Crippen LogP contribution in [0.1, 0.15) is 72.1 Å². The molecule has 5 heteroatoms. The Balaban J connectivity index is 2.11. The van der Waals surface area contributed by atoms with Crippen LogP contribution in [0, 0.1) is 11.8 Å². The summed E-state index contributed by atoms with van der Waals surface area (Å²) in [5.41, 5.74) is -2.04. The van der Waals surface area contributed by atoms with E-state index in [1.54, 1.807) is 11.2 Å². The number of rotatable bonds is 6. The summed E-state index contributed by atoms with van der Waals surface area (Å²) in [4.78, 5) is 0. The van der Waals surface area contributed by atoms with E-state index in [1.165, 1.54) is 26.2 Å². The molecule has 0 aromatic rings. The topological polar surface area (TPSA) is 20.3 Å². The third-order valence-corrected chi connectivity index (χ3v) is 7.79. The van der Waals surface area contributed by atoms with Gasteiger partial charge in [0.25, 0.3) is 0 Å². The molecule has 0 aromatic carbocycles. The first kappa shape index (κ1) is 18.3. The fourth-order valence-electron chi connectivity index (χ4n) is 4.25. The molecule has 5 atom stereocenters. The normalized spacial score (nSPS) is 33.5. The molecule has 2 rings (SSSR count). The first-order chi connectivity index (χ1) is 10.4. The third kappa shape index (κ3) is 3.40. The number of nitrogens with zero attached hydrogens (tertiary/aromatic N) is 1. The van der Waals surface area contributed by atoms with Crippen molar-refractivity contribution >= 4 is 11.0 Å². The van der Waals surface area contributed by atoms with Gasteiger partial charge in [0.1, 0.15) is 11.0 Å². The molecule has 22 heavy (non-hydrogen) atoms. The Labute approximate surface area is 136 Å². The minimum atomic E-state index is -2.27. The second-order valence-electron chi connectivity index (χ2n) is 7.26. The molecule has 2 fully saturated rings. The molecule has 0 amide bonds. The van der Waals surface area contributed by atoms with Crippen LogP contribution in [-0.4, -0.2) is 32.3 Å². The summed E-state index contributed by atoms with van der Waals surface area (Å²) >= 11 is 0. The lowest BCUT2D eigenvalue weighted by Crippen LogP contribution is -2.55. The number of hydrogen-bond donors (Lipinski definition) is 0. The predicted octanol–water partition coefficient (Wildman–Crippen LogP) is 4.77. The van der Waals surface area contributed by atoms with E-state index in [1.807, 2.05) is 6.92 Å². The molecule has 2 nitrogen and oxygen atoms in total. The summed E-state index contributed by atoms with van der Waals surface area (Å²) in [6.07, 6.45) is 6.49. The summed E-state index contributed by atoms with van der Waals surface area (Å²) in [5.74, 6) is 1.22. The molecule has 1 heterocycles. The highest BCUT2D eigenvalue weighted by atomic mass is 32.2. The number of fused-ring (bicyclic) bond motifs is 1. The summed E-state index contributed by atoms with van der Waals surface area (Å²) in [5, 5.41) is -2.27. The van der Waals surface area contributed by atoms with Crippen molar-refractivity contribution in [3.8, 4) is 0 Å². The molecule has 5 unspecified atom stereocenters. The minimum Gasteiger partial charge on any atom is -0.240 e. The Morgan fingerprint density at radius 1 is 1.14 bits per heavy atom. The molecule has 1 aliphatic carbocycles. The number of piperidine rings is 1. The van der Waals surface area contributed by atoms with Gasteiger partial charge in [0.2, 0.25) is 5.00 Å². The van der Waals surface area contributed by atoms with E-state index in [2.05, 4.69) is 0 Å². The van der Waals surface area contributed by atoms with E-state index >= 15 is 4.39 Å². The second kappa shape index (κ2) is 7.25. The van der Waals surface area contributed by atoms with Crippen molar-refractivity contribution in [3.05, 3.63) is 0 Å². The zero-order valence-electron chi connectivity index (χ0n) is 14.2. The summed E-state index contributed by atoms with van der Waals surface area (Å²) in [6.45, 7) is 6.04. The van der Waals surface area contributed by atoms with Crippen LogP contribution in [-0.2, 0) is 11.0 Å². The third-order valence-electron chi connectivity index (χ3n) is 5.72. The average Bonchev–Trinajstić information content (AvgIpc) is 2.52. The Morgan fingerprint density at radius 3 is 2.36 bits per heavy atom. The van der Waals surface area contributed by atoms with Crippen LogP contribution >= 0.6 is 0 Å². The highest BCUT2D eigenvalue weighted by molar-refractivity contribution is 7.84. The number of alkyl halides is 2. The van der Waals surface area contributed by atoms with Crippen molar-refractivity contribution in [1.29, 1.82) is 0 Å². The first-order valence-corrected chi connectivity index (χ1v) is 10.0. The van der Waals surface area contributed by atoms with Crippen LogP contribution in [0.25, 0.3) is 0 Å². The van der Waals surface area contributed by atoms with Crippen molar-refractivity contribution in [1.82, 2.24) is 4.31 Å². The monoisotopic (exact) mass is 335 g/mol. The first-order valence-electron chi connectivity index (χ1n) is 8.90. The lowest BCUT2D eigenvalue weighted by molar-refractivity contribution is 0.0205. The summed E-state index contributed by atoms with van der Waals surface area (Å²) in [6, 6.07) is 0. The minimum absolute atomic E-state index is 0.0444. The molecular weight excluding hydrogens is 304 g/mol. The zero-order valence-corrected chi connectivity index (χ0v) is 15.1. The van der Waals surface area contributed by atoms with E-state index in [4.69, 9.17) is 0 Å². The van der Waals surface area contributed by atoms with Crippen LogP contribution in [0.4, 0.5) is 8.78 Å². The highest BCUT2D eigenvalue weighted by Gasteiger charge is 2.55. The molecule has 0 radical (unpaired) electrons. The maximum atomic E-state index is 15.4. The summed E-state index contributed by atoms with van der Waals surface area (Å²) < 4.78 is 44.8. The highest BCUT2D eigenvalue weighted by Crippen LogP contribution is 2.43. The smallest absolute Gasteiger partial charge is 0.232 e. The van der Waals surface area contributed by atoms with Gasteiger partial charge in [-0.25, -0.2) is 17.3 Å². The van der Waals surface area contributed by atoms with Gasteiger partial charge in [-0.1, -0.05) is 39.5 Å². The van der Waals surface area contributed by atoms with E-state index in [-0.39, 0.29) is 12.8 Å². The molecule has 2 aliphatic rings. The fraction of sp³-hybridized carbons (Fsp3) is 1.00. The molecule has 130 valence electrons. The van der Waals surface area contributed by atoms with Crippen molar-refractivity contribution < 1.29 is 13.0 Å². The van der Waals surface area contributed by atoms with Gasteiger partial charge in [0, 0.05) is 13.1 Å². The Bertz CT molecular complexity index is 404. The van der Waals surface area contributed by atoms with Crippen LogP contribution in [0.5, 0.6) is 0 Å². The van der Waals surface area contributed by atoms with Gasteiger partial charge in [-0.3, -0.25) is 0 Å². The van der Waals surface area contributed by atoms with Crippen LogP contribution in [0.2, 0.25) is 0 Å². The molecule has 0 aromatic heterocycles. The molecule has 0 bridgehead atoms. The summed E-state index contributed by atoms with van der Waals surface area (Å²) in [7, 11) is -1.90. The van der Waals surface area contributed by atoms with Crippen molar-refractivity contribution in [2.24, 2.45) is 11.8 Å². The van der Waals surface area contributed by atoms with E-state index in [0.29, 0.717) is 31.3 Å². The Kier molecular flexibility index (Phi) is 6.03. The Hall–Kier alpha value is -0.0300. The molecule has 1 saturated carbocycles. The molecule has 1 aliphatic heterocycles. The van der Waals surface area contributed by atoms with Gasteiger partial charge in [-0.2, -0.15) is 0 Å². The van der Waals surface area contributed by atoms with Crippen LogP contribution in [0.3, 0.4) is 0 Å². The van der Waals surface area contributed by atoms with Crippen molar-refractivity contribution in [2.75, 3.05) is 13.1 Å².